The molecular formula is C10H5Cl2N5S. The third kappa shape index (κ3) is 2.27. The number of nitrogens with zero attached hydrogens (tertiary/aromatic N) is 5. The first-order valence-electron chi connectivity index (χ1n) is 4.88. The average molecular weight is 298 g/mol. The molecule has 0 fully saturated rings. The molecule has 3 aromatic heterocycles. The first-order valence-corrected chi connectivity index (χ1v) is 6.45. The first-order chi connectivity index (χ1) is 8.72. The molecule has 3 aromatic rings. The fraction of sp³-hybridized carbons (Fsp3) is 0. The highest BCUT2D eigenvalue weighted by Crippen LogP contribution is 2.27. The fourth-order valence-electron chi connectivity index (χ4n) is 1.36. The fourth-order valence-corrected chi connectivity index (χ4v) is 2.56. The summed E-state index contributed by atoms with van der Waals surface area (Å²) in [7, 11) is 0. The molecule has 3 rings (SSSR count). The van der Waals surface area contributed by atoms with Crippen molar-refractivity contribution in [3.05, 3.63) is 40.9 Å². The van der Waals surface area contributed by atoms with Gasteiger partial charge < -0.3 is 0 Å². The van der Waals surface area contributed by atoms with Crippen LogP contribution in [0.25, 0.3) is 5.78 Å². The molecule has 5 nitrogen and oxygen atoms in total. The zero-order chi connectivity index (χ0) is 12.5. The molecule has 0 N–H and O–H groups in total. The van der Waals surface area contributed by atoms with E-state index in [2.05, 4.69) is 20.1 Å². The van der Waals surface area contributed by atoms with Crippen molar-refractivity contribution in [2.75, 3.05) is 0 Å². The quantitative estimate of drug-likeness (QED) is 0.681. The van der Waals surface area contributed by atoms with E-state index < -0.39 is 0 Å². The summed E-state index contributed by atoms with van der Waals surface area (Å²) in [5, 5.41) is 6.63. The number of rotatable bonds is 2. The molecule has 0 aromatic carbocycles. The third-order valence-corrected chi connectivity index (χ3v) is 3.47. The van der Waals surface area contributed by atoms with Crippen LogP contribution >= 0.6 is 35.0 Å². The van der Waals surface area contributed by atoms with E-state index >= 15 is 0 Å². The number of hydrogen-bond donors (Lipinski definition) is 0. The Kier molecular flexibility index (Phi) is 3.07. The van der Waals surface area contributed by atoms with Crippen LogP contribution in [0.5, 0.6) is 0 Å². The summed E-state index contributed by atoms with van der Waals surface area (Å²) in [6, 6.07) is 5.31. The van der Waals surface area contributed by atoms with Crippen LogP contribution in [-0.4, -0.2) is 24.6 Å². The van der Waals surface area contributed by atoms with Gasteiger partial charge in [-0.15, -0.1) is 0 Å². The molecule has 0 radical (unpaired) electrons. The monoisotopic (exact) mass is 297 g/mol. The number of hydrogen-bond acceptors (Lipinski definition) is 5. The van der Waals surface area contributed by atoms with Crippen LogP contribution in [0.3, 0.4) is 0 Å². The molecule has 8 heteroatoms. The topological polar surface area (TPSA) is 56.0 Å². The van der Waals surface area contributed by atoms with Crippen LogP contribution < -0.4 is 0 Å². The third-order valence-electron chi connectivity index (χ3n) is 2.10. The van der Waals surface area contributed by atoms with Gasteiger partial charge in [0.2, 0.25) is 0 Å². The van der Waals surface area contributed by atoms with Gasteiger partial charge in [0.15, 0.2) is 0 Å². The van der Waals surface area contributed by atoms with E-state index in [1.807, 2.05) is 6.07 Å². The molecule has 0 saturated heterocycles. The smallest absolute Gasteiger partial charge is 0.248 e. The molecular weight excluding hydrogens is 293 g/mol. The van der Waals surface area contributed by atoms with E-state index in [4.69, 9.17) is 23.2 Å². The van der Waals surface area contributed by atoms with Crippen LogP contribution in [0.4, 0.5) is 0 Å². The standard InChI is InChI=1S/C10H5Cl2N5S/c11-6-1-2-8(13-4-6)18-9-3-7(12)16-10-14-5-15-17(9)10/h1-5H. The maximum Gasteiger partial charge on any atom is 0.254 e. The van der Waals surface area contributed by atoms with Crippen molar-refractivity contribution in [2.24, 2.45) is 0 Å². The predicted molar refractivity (Wildman–Crippen MR) is 69.2 cm³/mol. The average Bonchev–Trinajstić information content (AvgIpc) is 2.80. The van der Waals surface area contributed by atoms with Crippen molar-refractivity contribution in [3.8, 4) is 0 Å². The Morgan fingerprint density at radius 3 is 2.83 bits per heavy atom. The lowest BCUT2D eigenvalue weighted by Gasteiger charge is -2.03. The van der Waals surface area contributed by atoms with E-state index in [-0.39, 0.29) is 0 Å². The predicted octanol–water partition coefficient (Wildman–Crippen LogP) is 2.98. The van der Waals surface area contributed by atoms with Crippen molar-refractivity contribution in [2.45, 2.75) is 10.1 Å². The van der Waals surface area contributed by atoms with Crippen molar-refractivity contribution in [1.29, 1.82) is 0 Å². The van der Waals surface area contributed by atoms with Gasteiger partial charge in [0.05, 0.1) is 5.02 Å². The molecule has 0 amide bonds. The summed E-state index contributed by atoms with van der Waals surface area (Å²) in [6.07, 6.45) is 3.02. The van der Waals surface area contributed by atoms with Gasteiger partial charge in [0.1, 0.15) is 21.5 Å². The first kappa shape index (κ1) is 11.7. The zero-order valence-corrected chi connectivity index (χ0v) is 11.1. The Morgan fingerprint density at radius 1 is 1.17 bits per heavy atom. The maximum atomic E-state index is 5.93. The Bertz CT molecular complexity index is 697. The molecule has 3 heterocycles. The number of pyridine rings is 1. The lowest BCUT2D eigenvalue weighted by molar-refractivity contribution is 0.841. The second-order valence-electron chi connectivity index (χ2n) is 3.31. The van der Waals surface area contributed by atoms with Gasteiger partial charge in [-0.2, -0.15) is 19.6 Å². The van der Waals surface area contributed by atoms with Gasteiger partial charge >= 0.3 is 0 Å². The molecule has 18 heavy (non-hydrogen) atoms. The van der Waals surface area contributed by atoms with Crippen LogP contribution in [0.1, 0.15) is 0 Å². The second kappa shape index (κ2) is 4.72. The van der Waals surface area contributed by atoms with Crippen LogP contribution in [0.15, 0.2) is 40.8 Å². The van der Waals surface area contributed by atoms with Gasteiger partial charge in [0, 0.05) is 12.3 Å². The van der Waals surface area contributed by atoms with Gasteiger partial charge in [-0.1, -0.05) is 23.2 Å². The van der Waals surface area contributed by atoms with Gasteiger partial charge in [-0.3, -0.25) is 0 Å². The summed E-state index contributed by atoms with van der Waals surface area (Å²) < 4.78 is 1.60. The van der Waals surface area contributed by atoms with Crippen molar-refractivity contribution >= 4 is 40.7 Å². The highest BCUT2D eigenvalue weighted by atomic mass is 35.5. The minimum Gasteiger partial charge on any atom is -0.248 e. The second-order valence-corrected chi connectivity index (χ2v) is 5.17. The molecule has 0 atom stereocenters. The summed E-state index contributed by atoms with van der Waals surface area (Å²) in [5.74, 6) is 0.457. The number of halogens is 2. The van der Waals surface area contributed by atoms with Crippen LogP contribution in [-0.2, 0) is 0 Å². The van der Waals surface area contributed by atoms with Gasteiger partial charge in [0.25, 0.3) is 5.78 Å². The Balaban J connectivity index is 2.03. The lowest BCUT2D eigenvalue weighted by atomic mass is 10.5. The van der Waals surface area contributed by atoms with Crippen LogP contribution in [0, 0.1) is 0 Å². The Labute approximate surface area is 116 Å². The lowest BCUT2D eigenvalue weighted by Crippen LogP contribution is -1.95. The molecule has 90 valence electrons. The van der Waals surface area contributed by atoms with Crippen LogP contribution in [0.2, 0.25) is 10.2 Å². The van der Waals surface area contributed by atoms with E-state index in [0.29, 0.717) is 16.0 Å². The Hall–Kier alpha value is -1.37. The molecule has 0 spiro atoms. The highest BCUT2D eigenvalue weighted by Gasteiger charge is 2.08. The van der Waals surface area contributed by atoms with Gasteiger partial charge in [-0.05, 0) is 23.9 Å². The summed E-state index contributed by atoms with van der Waals surface area (Å²) >= 11 is 13.1. The molecule has 0 aliphatic heterocycles. The van der Waals surface area contributed by atoms with Crippen molar-refractivity contribution < 1.29 is 0 Å². The molecule has 0 unspecified atom stereocenters. The largest absolute Gasteiger partial charge is 0.254 e. The minimum absolute atomic E-state index is 0.368. The highest BCUT2D eigenvalue weighted by molar-refractivity contribution is 7.99. The van der Waals surface area contributed by atoms with E-state index in [1.54, 1.807) is 22.8 Å². The maximum absolute atomic E-state index is 5.93. The van der Waals surface area contributed by atoms with E-state index in [0.717, 1.165) is 10.1 Å². The molecule has 0 aliphatic carbocycles. The number of fused-ring (bicyclic) bond motifs is 1. The van der Waals surface area contributed by atoms with E-state index in [1.165, 1.54) is 18.1 Å². The minimum atomic E-state index is 0.368. The van der Waals surface area contributed by atoms with Gasteiger partial charge in [-0.25, -0.2) is 4.98 Å². The Morgan fingerprint density at radius 2 is 2.06 bits per heavy atom. The van der Waals surface area contributed by atoms with Crippen molar-refractivity contribution in [1.82, 2.24) is 24.6 Å². The summed E-state index contributed by atoms with van der Waals surface area (Å²) in [4.78, 5) is 12.2. The van der Waals surface area contributed by atoms with Crippen molar-refractivity contribution in [3.63, 3.8) is 0 Å². The molecule has 0 aliphatic rings. The number of aromatic nitrogens is 5. The van der Waals surface area contributed by atoms with E-state index in [9.17, 15) is 0 Å². The summed E-state index contributed by atoms with van der Waals surface area (Å²) in [5.41, 5.74) is 0. The zero-order valence-electron chi connectivity index (χ0n) is 8.79. The summed E-state index contributed by atoms with van der Waals surface area (Å²) in [6.45, 7) is 0. The molecule has 0 saturated carbocycles. The normalized spacial score (nSPS) is 11.0. The SMILES string of the molecule is Clc1ccc(Sc2cc(Cl)nc3ncnn23)nc1. The molecule has 0 bridgehead atoms.